The van der Waals surface area contributed by atoms with E-state index in [1.54, 1.807) is 6.92 Å². The smallest absolute Gasteiger partial charge is 0.338 e. The van der Waals surface area contributed by atoms with Gasteiger partial charge in [-0.2, -0.15) is 0 Å². The van der Waals surface area contributed by atoms with E-state index in [0.717, 1.165) is 23.1 Å². The molecule has 34 heavy (non-hydrogen) atoms. The van der Waals surface area contributed by atoms with Crippen LogP contribution >= 0.6 is 0 Å². The fourth-order valence-corrected chi connectivity index (χ4v) is 3.55. The number of fused-ring (bicyclic) bond motifs is 1. The number of nitrogens with zero attached hydrogens (tertiary/aromatic N) is 2. The van der Waals surface area contributed by atoms with Crippen LogP contribution in [0.2, 0.25) is 0 Å². The van der Waals surface area contributed by atoms with Crippen molar-refractivity contribution in [3.63, 3.8) is 0 Å². The highest BCUT2D eigenvalue weighted by Crippen LogP contribution is 2.35. The van der Waals surface area contributed by atoms with Gasteiger partial charge >= 0.3 is 5.97 Å². The second-order valence-electron chi connectivity index (χ2n) is 7.41. The van der Waals surface area contributed by atoms with Crippen LogP contribution in [-0.4, -0.2) is 35.1 Å². The van der Waals surface area contributed by atoms with Crippen molar-refractivity contribution in [1.82, 2.24) is 0 Å². The SMILES string of the molecule is Cc1ccc(C(=O)OCC(=O)c2ccc(F)cc2)cc1N1C(=O)c2cccc([N+](=O)[O-])c2C1=O. The number of amides is 2. The molecule has 170 valence electrons. The average Bonchev–Trinajstić information content (AvgIpc) is 3.08. The zero-order chi connectivity index (χ0) is 24.6. The molecule has 0 saturated carbocycles. The van der Waals surface area contributed by atoms with Crippen LogP contribution in [0.3, 0.4) is 0 Å². The van der Waals surface area contributed by atoms with Crippen molar-refractivity contribution in [2.75, 3.05) is 11.5 Å². The van der Waals surface area contributed by atoms with Gasteiger partial charge in [0, 0.05) is 11.6 Å². The minimum absolute atomic E-state index is 0.0430. The van der Waals surface area contributed by atoms with Crippen LogP contribution in [-0.2, 0) is 4.74 Å². The van der Waals surface area contributed by atoms with E-state index in [4.69, 9.17) is 4.74 Å². The number of nitro benzene ring substituents is 1. The molecule has 0 bridgehead atoms. The predicted octanol–water partition coefficient (Wildman–Crippen LogP) is 3.88. The monoisotopic (exact) mass is 462 g/mol. The highest BCUT2D eigenvalue weighted by Gasteiger charge is 2.42. The third kappa shape index (κ3) is 3.92. The summed E-state index contributed by atoms with van der Waals surface area (Å²) in [5, 5.41) is 11.3. The van der Waals surface area contributed by atoms with Gasteiger partial charge < -0.3 is 4.74 Å². The first kappa shape index (κ1) is 22.5. The third-order valence-corrected chi connectivity index (χ3v) is 5.28. The van der Waals surface area contributed by atoms with Crippen LogP contribution in [0.15, 0.2) is 60.7 Å². The summed E-state index contributed by atoms with van der Waals surface area (Å²) in [4.78, 5) is 61.9. The van der Waals surface area contributed by atoms with Gasteiger partial charge in [-0.1, -0.05) is 12.1 Å². The van der Waals surface area contributed by atoms with Crippen LogP contribution in [0.4, 0.5) is 15.8 Å². The number of benzene rings is 3. The number of nitro groups is 1. The number of Topliss-reactive ketones (excluding diaryl/α,β-unsaturated/α-hetero) is 1. The quantitative estimate of drug-likeness (QED) is 0.179. The second kappa shape index (κ2) is 8.66. The molecule has 0 unspecified atom stereocenters. The fraction of sp³-hybridized carbons (Fsp3) is 0.0833. The molecular formula is C24H15FN2O7. The zero-order valence-electron chi connectivity index (χ0n) is 17.6. The minimum Gasteiger partial charge on any atom is -0.454 e. The molecule has 0 radical (unpaired) electrons. The number of carbonyl (C=O) groups excluding carboxylic acids is 4. The summed E-state index contributed by atoms with van der Waals surface area (Å²) in [5.74, 6) is -3.59. The molecule has 0 aromatic heterocycles. The molecule has 3 aromatic carbocycles. The number of anilines is 1. The zero-order valence-corrected chi connectivity index (χ0v) is 17.6. The molecule has 3 aromatic rings. The molecule has 1 aliphatic rings. The Bertz CT molecular complexity index is 1380. The maximum Gasteiger partial charge on any atom is 0.338 e. The van der Waals surface area contributed by atoms with Crippen molar-refractivity contribution >= 4 is 34.9 Å². The number of hydrogen-bond donors (Lipinski definition) is 0. The van der Waals surface area contributed by atoms with Gasteiger partial charge in [0.1, 0.15) is 11.4 Å². The van der Waals surface area contributed by atoms with Crippen molar-refractivity contribution in [1.29, 1.82) is 0 Å². The standard InChI is InChI=1S/C24H15FN2O7/c1-13-5-6-15(24(31)34-12-20(28)14-7-9-16(25)10-8-14)11-19(13)26-22(29)17-3-2-4-18(27(32)33)21(17)23(26)30/h2-11H,12H2,1H3. The normalized spacial score (nSPS) is 12.5. The van der Waals surface area contributed by atoms with E-state index in [0.29, 0.717) is 5.56 Å². The maximum atomic E-state index is 13.0. The van der Waals surface area contributed by atoms with Crippen LogP contribution in [0, 0.1) is 22.9 Å². The number of hydrogen-bond acceptors (Lipinski definition) is 7. The van der Waals surface area contributed by atoms with Crippen LogP contribution < -0.4 is 4.90 Å². The first-order valence-corrected chi connectivity index (χ1v) is 9.91. The summed E-state index contributed by atoms with van der Waals surface area (Å²) in [6.45, 7) is 0.993. The average molecular weight is 462 g/mol. The lowest BCUT2D eigenvalue weighted by Gasteiger charge is -2.17. The molecule has 0 fully saturated rings. The van der Waals surface area contributed by atoms with Crippen molar-refractivity contribution in [3.05, 3.63) is 104 Å². The van der Waals surface area contributed by atoms with E-state index in [9.17, 15) is 33.7 Å². The summed E-state index contributed by atoms with van der Waals surface area (Å²) >= 11 is 0. The van der Waals surface area contributed by atoms with Gasteiger partial charge in [-0.15, -0.1) is 0 Å². The summed E-state index contributed by atoms with van der Waals surface area (Å²) in [6.07, 6.45) is 0. The Kier molecular flexibility index (Phi) is 5.72. The number of ketones is 1. The molecule has 0 aliphatic carbocycles. The molecule has 0 saturated heterocycles. The van der Waals surface area contributed by atoms with E-state index >= 15 is 0 Å². The van der Waals surface area contributed by atoms with E-state index in [1.807, 2.05) is 0 Å². The molecule has 2 amide bonds. The molecule has 0 atom stereocenters. The van der Waals surface area contributed by atoms with Crippen molar-refractivity contribution < 1.29 is 33.2 Å². The highest BCUT2D eigenvalue weighted by molar-refractivity contribution is 6.36. The lowest BCUT2D eigenvalue weighted by atomic mass is 10.1. The number of carbonyl (C=O) groups is 4. The first-order chi connectivity index (χ1) is 16.2. The Morgan fingerprint density at radius 1 is 1.00 bits per heavy atom. The van der Waals surface area contributed by atoms with E-state index < -0.39 is 46.6 Å². The highest BCUT2D eigenvalue weighted by atomic mass is 19.1. The Morgan fingerprint density at radius 2 is 1.68 bits per heavy atom. The lowest BCUT2D eigenvalue weighted by Crippen LogP contribution is -2.30. The number of aryl methyl sites for hydroxylation is 1. The molecule has 0 N–H and O–H groups in total. The molecule has 4 rings (SSSR count). The molecule has 1 aliphatic heterocycles. The van der Waals surface area contributed by atoms with Gasteiger partial charge in [-0.25, -0.2) is 14.1 Å². The predicted molar refractivity (Wildman–Crippen MR) is 116 cm³/mol. The number of ether oxygens (including phenoxy) is 1. The lowest BCUT2D eigenvalue weighted by molar-refractivity contribution is -0.385. The van der Waals surface area contributed by atoms with Gasteiger partial charge in [-0.3, -0.25) is 24.5 Å². The Hall–Kier alpha value is -4.73. The maximum absolute atomic E-state index is 13.0. The van der Waals surface area contributed by atoms with Gasteiger partial charge in [0.05, 0.1) is 21.7 Å². The number of halogens is 1. The van der Waals surface area contributed by atoms with E-state index in [2.05, 4.69) is 0 Å². The number of rotatable bonds is 6. The largest absolute Gasteiger partial charge is 0.454 e. The summed E-state index contributed by atoms with van der Waals surface area (Å²) in [6, 6.07) is 12.6. The topological polar surface area (TPSA) is 124 Å². The Labute approximate surface area is 191 Å². The number of esters is 1. The number of imide groups is 1. The summed E-state index contributed by atoms with van der Waals surface area (Å²) in [5.41, 5.74) is -0.307. The summed E-state index contributed by atoms with van der Waals surface area (Å²) < 4.78 is 18.0. The van der Waals surface area contributed by atoms with Gasteiger partial charge in [0.25, 0.3) is 17.5 Å². The third-order valence-electron chi connectivity index (χ3n) is 5.28. The van der Waals surface area contributed by atoms with Crippen molar-refractivity contribution in [3.8, 4) is 0 Å². The summed E-state index contributed by atoms with van der Waals surface area (Å²) in [7, 11) is 0. The second-order valence-corrected chi connectivity index (χ2v) is 7.41. The van der Waals surface area contributed by atoms with Gasteiger partial charge in [-0.05, 0) is 55.0 Å². The molecule has 9 nitrogen and oxygen atoms in total. The molecule has 1 heterocycles. The van der Waals surface area contributed by atoms with E-state index in [-0.39, 0.29) is 27.9 Å². The van der Waals surface area contributed by atoms with Crippen LogP contribution in [0.5, 0.6) is 0 Å². The first-order valence-electron chi connectivity index (χ1n) is 9.91. The minimum atomic E-state index is -0.890. The van der Waals surface area contributed by atoms with Gasteiger partial charge in [0.2, 0.25) is 0 Å². The fourth-order valence-electron chi connectivity index (χ4n) is 3.55. The Morgan fingerprint density at radius 3 is 2.35 bits per heavy atom. The Balaban J connectivity index is 1.58. The molecule has 10 heteroatoms. The molecule has 0 spiro atoms. The van der Waals surface area contributed by atoms with E-state index in [1.165, 1.54) is 42.5 Å². The van der Waals surface area contributed by atoms with Crippen LogP contribution in [0.25, 0.3) is 0 Å². The van der Waals surface area contributed by atoms with Crippen molar-refractivity contribution in [2.24, 2.45) is 0 Å². The van der Waals surface area contributed by atoms with Crippen molar-refractivity contribution in [2.45, 2.75) is 6.92 Å². The molecular weight excluding hydrogens is 447 g/mol. The van der Waals surface area contributed by atoms with Crippen LogP contribution in [0.1, 0.15) is 47.0 Å². The van der Waals surface area contributed by atoms with Gasteiger partial charge in [0.15, 0.2) is 12.4 Å².